The van der Waals surface area contributed by atoms with Crippen LogP contribution in [0.15, 0.2) is 125 Å². The number of nitrogens with zero attached hydrogens (tertiary/aromatic N) is 2. The maximum absolute atomic E-state index is 13.7. The number of benzene rings is 4. The predicted octanol–water partition coefficient (Wildman–Crippen LogP) is 7.24. The summed E-state index contributed by atoms with van der Waals surface area (Å²) >= 11 is 13.2. The van der Waals surface area contributed by atoms with E-state index in [0.717, 1.165) is 15.4 Å². The molecule has 36 heavy (non-hydrogen) atoms. The minimum Gasteiger partial charge on any atom is -0.268 e. The highest BCUT2D eigenvalue weighted by Gasteiger charge is 2.41. The van der Waals surface area contributed by atoms with Crippen molar-refractivity contribution in [3.63, 3.8) is 0 Å². The van der Waals surface area contributed by atoms with Crippen LogP contribution < -0.4 is 9.80 Å². The van der Waals surface area contributed by atoms with Crippen molar-refractivity contribution >= 4 is 70.0 Å². The molecule has 0 N–H and O–H groups in total. The summed E-state index contributed by atoms with van der Waals surface area (Å²) in [5, 5.41) is 0.773. The Hall–Kier alpha value is -3.71. The SMILES string of the molecule is O=C1C(=Cc2ccccc2Sc2ccc(Cl)cc2)C(=O)N(c2ccccc2)C(=S)N1c1ccccc1. The first-order valence-electron chi connectivity index (χ1n) is 11.1. The molecular formula is C29H19ClN2O2S2. The van der Waals surface area contributed by atoms with E-state index in [1.165, 1.54) is 21.6 Å². The van der Waals surface area contributed by atoms with Crippen LogP contribution in [0.25, 0.3) is 6.08 Å². The minimum atomic E-state index is -0.463. The lowest BCUT2D eigenvalue weighted by molar-refractivity contribution is -0.120. The first kappa shape index (κ1) is 24.0. The van der Waals surface area contributed by atoms with E-state index in [4.69, 9.17) is 23.8 Å². The summed E-state index contributed by atoms with van der Waals surface area (Å²) in [6, 6.07) is 33.4. The highest BCUT2D eigenvalue weighted by atomic mass is 35.5. The van der Waals surface area contributed by atoms with Crippen LogP contribution in [-0.4, -0.2) is 16.9 Å². The van der Waals surface area contributed by atoms with Crippen molar-refractivity contribution in [3.05, 3.63) is 125 Å². The lowest BCUT2D eigenvalue weighted by Gasteiger charge is -2.36. The fraction of sp³-hybridized carbons (Fsp3) is 0. The summed E-state index contributed by atoms with van der Waals surface area (Å²) in [4.78, 5) is 32.2. The number of anilines is 2. The zero-order chi connectivity index (χ0) is 25.1. The Balaban J connectivity index is 1.60. The van der Waals surface area contributed by atoms with Crippen molar-refractivity contribution in [1.29, 1.82) is 0 Å². The molecular weight excluding hydrogens is 508 g/mol. The maximum atomic E-state index is 13.7. The van der Waals surface area contributed by atoms with Crippen LogP contribution >= 0.6 is 35.6 Å². The first-order chi connectivity index (χ1) is 17.5. The molecule has 5 rings (SSSR count). The van der Waals surface area contributed by atoms with E-state index >= 15 is 0 Å². The second-order valence-electron chi connectivity index (χ2n) is 7.89. The number of halogens is 1. The van der Waals surface area contributed by atoms with Gasteiger partial charge in [-0.05, 0) is 78.5 Å². The van der Waals surface area contributed by atoms with Gasteiger partial charge in [-0.2, -0.15) is 0 Å². The highest BCUT2D eigenvalue weighted by Crippen LogP contribution is 2.34. The van der Waals surface area contributed by atoms with Gasteiger partial charge in [-0.3, -0.25) is 19.4 Å². The van der Waals surface area contributed by atoms with Gasteiger partial charge < -0.3 is 0 Å². The zero-order valence-corrected chi connectivity index (χ0v) is 21.3. The van der Waals surface area contributed by atoms with Crippen molar-refractivity contribution < 1.29 is 9.59 Å². The van der Waals surface area contributed by atoms with Gasteiger partial charge in [0.15, 0.2) is 5.11 Å². The average Bonchev–Trinajstić information content (AvgIpc) is 2.90. The van der Waals surface area contributed by atoms with E-state index in [1.54, 1.807) is 30.3 Å². The van der Waals surface area contributed by atoms with Gasteiger partial charge in [-0.1, -0.05) is 78.0 Å². The summed E-state index contributed by atoms with van der Waals surface area (Å²) in [6.45, 7) is 0. The van der Waals surface area contributed by atoms with Gasteiger partial charge in [0.1, 0.15) is 5.57 Å². The summed E-state index contributed by atoms with van der Waals surface area (Å²) in [5.41, 5.74) is 1.97. The van der Waals surface area contributed by atoms with Crippen molar-refractivity contribution in [2.24, 2.45) is 0 Å². The molecule has 0 atom stereocenters. The monoisotopic (exact) mass is 526 g/mol. The molecule has 1 aliphatic rings. The fourth-order valence-electron chi connectivity index (χ4n) is 3.82. The summed E-state index contributed by atoms with van der Waals surface area (Å²) in [5.74, 6) is -0.927. The third-order valence-corrected chi connectivity index (χ3v) is 7.26. The van der Waals surface area contributed by atoms with Gasteiger partial charge >= 0.3 is 0 Å². The number of rotatable bonds is 5. The Morgan fingerprint density at radius 2 is 1.17 bits per heavy atom. The Morgan fingerprint density at radius 1 is 0.667 bits per heavy atom. The number of carbonyl (C=O) groups is 2. The molecule has 4 aromatic carbocycles. The Bertz CT molecular complexity index is 1410. The van der Waals surface area contributed by atoms with Gasteiger partial charge in [0, 0.05) is 14.8 Å². The van der Waals surface area contributed by atoms with E-state index in [-0.39, 0.29) is 10.7 Å². The van der Waals surface area contributed by atoms with Gasteiger partial charge in [0.2, 0.25) is 0 Å². The fourth-order valence-corrected chi connectivity index (χ4v) is 5.24. The average molecular weight is 527 g/mol. The minimum absolute atomic E-state index is 0.0282. The highest BCUT2D eigenvalue weighted by molar-refractivity contribution is 7.99. The lowest BCUT2D eigenvalue weighted by atomic mass is 10.0. The van der Waals surface area contributed by atoms with Crippen LogP contribution in [0.3, 0.4) is 0 Å². The molecule has 2 amide bonds. The number of para-hydroxylation sites is 2. The largest absolute Gasteiger partial charge is 0.270 e. The van der Waals surface area contributed by atoms with Crippen molar-refractivity contribution in [2.45, 2.75) is 9.79 Å². The van der Waals surface area contributed by atoms with E-state index in [0.29, 0.717) is 16.4 Å². The Kier molecular flexibility index (Phi) is 7.00. The van der Waals surface area contributed by atoms with Gasteiger partial charge in [0.05, 0.1) is 11.4 Å². The smallest absolute Gasteiger partial charge is 0.268 e. The van der Waals surface area contributed by atoms with Crippen LogP contribution in [-0.2, 0) is 9.59 Å². The molecule has 1 heterocycles. The van der Waals surface area contributed by atoms with Gasteiger partial charge in [-0.15, -0.1) is 0 Å². The summed E-state index contributed by atoms with van der Waals surface area (Å²) < 4.78 is 0. The molecule has 1 fully saturated rings. The molecule has 0 unspecified atom stereocenters. The quantitative estimate of drug-likeness (QED) is 0.156. The van der Waals surface area contributed by atoms with Gasteiger partial charge in [-0.25, -0.2) is 0 Å². The van der Waals surface area contributed by atoms with E-state index in [2.05, 4.69) is 0 Å². The van der Waals surface area contributed by atoms with Crippen molar-refractivity contribution in [3.8, 4) is 0 Å². The molecule has 0 aliphatic carbocycles. The number of hydrogen-bond acceptors (Lipinski definition) is 4. The molecule has 1 saturated heterocycles. The molecule has 4 nitrogen and oxygen atoms in total. The van der Waals surface area contributed by atoms with Crippen LogP contribution in [0, 0.1) is 0 Å². The molecule has 176 valence electrons. The number of hydrogen-bond donors (Lipinski definition) is 0. The number of amides is 2. The van der Waals surface area contributed by atoms with Gasteiger partial charge in [0.25, 0.3) is 11.8 Å². The van der Waals surface area contributed by atoms with E-state index in [1.807, 2.05) is 84.9 Å². The van der Waals surface area contributed by atoms with Crippen molar-refractivity contribution in [2.75, 3.05) is 9.80 Å². The molecule has 0 radical (unpaired) electrons. The normalized spacial score (nSPS) is 13.8. The molecule has 0 bridgehead atoms. The third kappa shape index (κ3) is 4.84. The van der Waals surface area contributed by atoms with Crippen LogP contribution in [0.5, 0.6) is 0 Å². The van der Waals surface area contributed by atoms with E-state index in [9.17, 15) is 9.59 Å². The van der Waals surface area contributed by atoms with Crippen LogP contribution in [0.4, 0.5) is 11.4 Å². The molecule has 0 aromatic heterocycles. The molecule has 4 aromatic rings. The Morgan fingerprint density at radius 3 is 1.72 bits per heavy atom. The zero-order valence-electron chi connectivity index (χ0n) is 18.9. The lowest BCUT2D eigenvalue weighted by Crippen LogP contribution is -2.56. The summed E-state index contributed by atoms with van der Waals surface area (Å²) in [7, 11) is 0. The maximum Gasteiger partial charge on any atom is 0.270 e. The second kappa shape index (κ2) is 10.5. The number of thiocarbonyl (C=S) groups is 1. The molecule has 0 spiro atoms. The number of carbonyl (C=O) groups excluding carboxylic acids is 2. The van der Waals surface area contributed by atoms with Crippen molar-refractivity contribution in [1.82, 2.24) is 0 Å². The standard InChI is InChI=1S/C29H19ClN2O2S2/c30-21-15-17-24(18-16-21)36-26-14-8-7-9-20(26)19-25-27(33)31(22-10-3-1-4-11-22)29(35)32(28(25)34)23-12-5-2-6-13-23/h1-19H. The second-order valence-corrected chi connectivity index (χ2v) is 9.80. The third-order valence-electron chi connectivity index (χ3n) is 5.54. The predicted molar refractivity (Wildman–Crippen MR) is 150 cm³/mol. The first-order valence-corrected chi connectivity index (χ1v) is 12.7. The van der Waals surface area contributed by atoms with Crippen LogP contribution in [0.2, 0.25) is 5.02 Å². The van der Waals surface area contributed by atoms with E-state index < -0.39 is 11.8 Å². The summed E-state index contributed by atoms with van der Waals surface area (Å²) in [6.07, 6.45) is 1.65. The van der Waals surface area contributed by atoms with Crippen LogP contribution in [0.1, 0.15) is 5.56 Å². The molecule has 0 saturated carbocycles. The Labute approximate surface area is 223 Å². The molecule has 1 aliphatic heterocycles. The molecule has 7 heteroatoms. The topological polar surface area (TPSA) is 40.6 Å².